The topological polar surface area (TPSA) is 93.1 Å². The van der Waals surface area contributed by atoms with Crippen molar-refractivity contribution in [2.24, 2.45) is 5.92 Å². The first-order chi connectivity index (χ1) is 12.3. The van der Waals surface area contributed by atoms with Crippen LogP contribution in [0, 0.1) is 5.92 Å². The van der Waals surface area contributed by atoms with Gasteiger partial charge < -0.3 is 9.88 Å². The molecule has 0 radical (unpaired) electrons. The molecule has 8 heteroatoms. The van der Waals surface area contributed by atoms with Crippen molar-refractivity contribution in [1.29, 1.82) is 0 Å². The summed E-state index contributed by atoms with van der Waals surface area (Å²) in [6, 6.07) is 4.80. The first-order valence-electron chi connectivity index (χ1n) is 8.73. The van der Waals surface area contributed by atoms with Crippen LogP contribution in [0.15, 0.2) is 35.5 Å². The van der Waals surface area contributed by atoms with E-state index in [0.717, 1.165) is 25.2 Å². The average molecular weight is 374 g/mol. The van der Waals surface area contributed by atoms with Crippen molar-refractivity contribution in [2.75, 3.05) is 11.9 Å². The Hall–Kier alpha value is -2.19. The van der Waals surface area contributed by atoms with Gasteiger partial charge in [-0.1, -0.05) is 0 Å². The van der Waals surface area contributed by atoms with E-state index in [1.807, 2.05) is 6.20 Å². The number of nitrogens with one attached hydrogen (secondary N) is 2. The number of hydrogen-bond donors (Lipinski definition) is 2. The van der Waals surface area contributed by atoms with Gasteiger partial charge in [-0.05, 0) is 49.9 Å². The highest BCUT2D eigenvalue weighted by Gasteiger charge is 2.39. The van der Waals surface area contributed by atoms with Gasteiger partial charge in [-0.25, -0.2) is 18.1 Å². The van der Waals surface area contributed by atoms with Gasteiger partial charge in [0.25, 0.3) is 0 Å². The van der Waals surface area contributed by atoms with Crippen molar-refractivity contribution in [3.8, 4) is 0 Å². The summed E-state index contributed by atoms with van der Waals surface area (Å²) in [5, 5.41) is 2.79. The van der Waals surface area contributed by atoms with Crippen LogP contribution in [0.25, 0.3) is 0 Å². The van der Waals surface area contributed by atoms with E-state index in [1.54, 1.807) is 32.2 Å². The zero-order valence-corrected chi connectivity index (χ0v) is 15.6. The Morgan fingerprint density at radius 2 is 2.19 bits per heavy atom. The molecule has 4 rings (SSSR count). The molecular weight excluding hydrogens is 352 g/mol. The second kappa shape index (κ2) is 5.92. The van der Waals surface area contributed by atoms with Gasteiger partial charge in [-0.2, -0.15) is 0 Å². The predicted molar refractivity (Wildman–Crippen MR) is 97.3 cm³/mol. The number of rotatable bonds is 4. The summed E-state index contributed by atoms with van der Waals surface area (Å²) in [6.07, 6.45) is 5.49. The van der Waals surface area contributed by atoms with Gasteiger partial charge >= 0.3 is 0 Å². The zero-order valence-electron chi connectivity index (χ0n) is 14.8. The first kappa shape index (κ1) is 17.2. The molecule has 0 saturated heterocycles. The molecule has 0 unspecified atom stereocenters. The molecule has 3 heterocycles. The summed E-state index contributed by atoms with van der Waals surface area (Å²) in [5.74, 6) is 1.18. The van der Waals surface area contributed by atoms with Crippen molar-refractivity contribution < 1.29 is 13.2 Å². The second-order valence-corrected chi connectivity index (χ2v) is 9.31. The molecule has 2 aliphatic rings. The zero-order chi connectivity index (χ0) is 18.5. The summed E-state index contributed by atoms with van der Waals surface area (Å²) >= 11 is 0. The van der Waals surface area contributed by atoms with Gasteiger partial charge in [0, 0.05) is 37.6 Å². The molecular formula is C18H22N4O3S. The molecule has 26 heavy (non-hydrogen) atoms. The monoisotopic (exact) mass is 374 g/mol. The molecule has 2 aromatic rings. The third-order valence-corrected chi connectivity index (χ3v) is 6.81. The SMILES string of the molecule is CC1(C)C(=O)Nc2ccc(S(=O)(=O)NC[C@H]3CCc4nccn4C3)cc21. The van der Waals surface area contributed by atoms with Crippen LogP contribution in [0.3, 0.4) is 0 Å². The van der Waals surface area contributed by atoms with Crippen LogP contribution in [0.4, 0.5) is 5.69 Å². The molecule has 7 nitrogen and oxygen atoms in total. The summed E-state index contributed by atoms with van der Waals surface area (Å²) < 4.78 is 30.3. The van der Waals surface area contributed by atoms with Crippen LogP contribution in [-0.2, 0) is 33.2 Å². The number of sulfonamides is 1. The number of benzene rings is 1. The van der Waals surface area contributed by atoms with E-state index < -0.39 is 15.4 Å². The number of imidazole rings is 1. The number of carbonyl (C=O) groups is 1. The lowest BCUT2D eigenvalue weighted by Crippen LogP contribution is -2.33. The average Bonchev–Trinajstić information content (AvgIpc) is 3.15. The smallest absolute Gasteiger partial charge is 0.240 e. The normalized spacial score (nSPS) is 21.2. The van der Waals surface area contributed by atoms with Crippen LogP contribution in [0.2, 0.25) is 0 Å². The summed E-state index contributed by atoms with van der Waals surface area (Å²) in [7, 11) is -3.63. The Kier molecular flexibility index (Phi) is 3.92. The molecule has 2 aliphatic heterocycles. The minimum Gasteiger partial charge on any atom is -0.335 e. The molecule has 1 amide bonds. The van der Waals surface area contributed by atoms with Gasteiger partial charge in [0.05, 0.1) is 10.3 Å². The summed E-state index contributed by atoms with van der Waals surface area (Å²) in [4.78, 5) is 16.5. The number of aryl methyl sites for hydroxylation is 1. The van der Waals surface area contributed by atoms with E-state index in [4.69, 9.17) is 0 Å². The fourth-order valence-electron chi connectivity index (χ4n) is 3.63. The Bertz CT molecular complexity index is 978. The highest BCUT2D eigenvalue weighted by molar-refractivity contribution is 7.89. The lowest BCUT2D eigenvalue weighted by atomic mass is 9.86. The lowest BCUT2D eigenvalue weighted by molar-refractivity contribution is -0.119. The highest BCUT2D eigenvalue weighted by Crippen LogP contribution is 2.38. The van der Waals surface area contributed by atoms with Crippen LogP contribution < -0.4 is 10.0 Å². The third kappa shape index (κ3) is 2.83. The van der Waals surface area contributed by atoms with Crippen molar-refractivity contribution in [1.82, 2.24) is 14.3 Å². The molecule has 0 spiro atoms. The van der Waals surface area contributed by atoms with Gasteiger partial charge in [0.15, 0.2) is 0 Å². The lowest BCUT2D eigenvalue weighted by Gasteiger charge is -2.24. The molecule has 0 aliphatic carbocycles. The Morgan fingerprint density at radius 1 is 1.38 bits per heavy atom. The predicted octanol–water partition coefficient (Wildman–Crippen LogP) is 1.65. The van der Waals surface area contributed by atoms with Gasteiger partial charge in [0.2, 0.25) is 15.9 Å². The minimum absolute atomic E-state index is 0.117. The van der Waals surface area contributed by atoms with Gasteiger partial charge in [0.1, 0.15) is 5.82 Å². The molecule has 2 N–H and O–H groups in total. The molecule has 0 bridgehead atoms. The molecule has 0 saturated carbocycles. The Labute approximate surface area is 152 Å². The number of amides is 1. The van der Waals surface area contributed by atoms with Crippen LogP contribution in [0.5, 0.6) is 0 Å². The number of nitrogens with zero attached hydrogens (tertiary/aromatic N) is 2. The standard InChI is InChI=1S/C18H22N4O3S/c1-18(2)14-9-13(4-5-15(14)21-17(18)23)26(24,25)20-10-12-3-6-16-19-7-8-22(16)11-12/h4-5,7-9,12,20H,3,6,10-11H2,1-2H3,(H,21,23)/t12-/m1/s1. The van der Waals surface area contributed by atoms with Crippen LogP contribution in [-0.4, -0.2) is 30.4 Å². The number of anilines is 1. The maximum Gasteiger partial charge on any atom is 0.240 e. The maximum atomic E-state index is 12.7. The third-order valence-electron chi connectivity index (χ3n) is 5.39. The number of fused-ring (bicyclic) bond motifs is 2. The highest BCUT2D eigenvalue weighted by atomic mass is 32.2. The van der Waals surface area contributed by atoms with Crippen LogP contribution in [0.1, 0.15) is 31.7 Å². The maximum absolute atomic E-state index is 12.7. The molecule has 1 aromatic carbocycles. The van der Waals surface area contributed by atoms with E-state index in [-0.39, 0.29) is 16.7 Å². The Morgan fingerprint density at radius 3 is 3.00 bits per heavy atom. The van der Waals surface area contributed by atoms with E-state index in [9.17, 15) is 13.2 Å². The van der Waals surface area contributed by atoms with E-state index in [2.05, 4.69) is 19.6 Å². The van der Waals surface area contributed by atoms with Crippen molar-refractivity contribution in [3.63, 3.8) is 0 Å². The molecule has 138 valence electrons. The largest absolute Gasteiger partial charge is 0.335 e. The van der Waals surface area contributed by atoms with Crippen molar-refractivity contribution in [3.05, 3.63) is 42.0 Å². The van der Waals surface area contributed by atoms with Gasteiger partial charge in [-0.15, -0.1) is 0 Å². The van der Waals surface area contributed by atoms with Crippen molar-refractivity contribution in [2.45, 2.75) is 43.5 Å². The number of aromatic nitrogens is 2. The fraction of sp³-hybridized carbons (Fsp3) is 0.444. The second-order valence-electron chi connectivity index (χ2n) is 7.54. The quantitative estimate of drug-likeness (QED) is 0.851. The van der Waals surface area contributed by atoms with Crippen LogP contribution >= 0.6 is 0 Å². The summed E-state index contributed by atoms with van der Waals surface area (Å²) in [5.41, 5.74) is 0.659. The minimum atomic E-state index is -3.63. The fourth-order valence-corrected chi connectivity index (χ4v) is 4.77. The van der Waals surface area contributed by atoms with E-state index in [1.165, 1.54) is 6.07 Å². The molecule has 1 atom stereocenters. The molecule has 0 fully saturated rings. The molecule has 1 aromatic heterocycles. The van der Waals surface area contributed by atoms with E-state index >= 15 is 0 Å². The number of carbonyl (C=O) groups excluding carboxylic acids is 1. The summed E-state index contributed by atoms with van der Waals surface area (Å²) in [6.45, 7) is 4.75. The Balaban J connectivity index is 1.50. The van der Waals surface area contributed by atoms with Crippen molar-refractivity contribution >= 4 is 21.6 Å². The van der Waals surface area contributed by atoms with Gasteiger partial charge in [-0.3, -0.25) is 4.79 Å². The van der Waals surface area contributed by atoms with E-state index in [0.29, 0.717) is 17.8 Å². The number of hydrogen-bond acceptors (Lipinski definition) is 4. The first-order valence-corrected chi connectivity index (χ1v) is 10.2.